The first kappa shape index (κ1) is 62.6. The number of rotatable bonds is 2. The smallest absolute Gasteiger partial charge is 0.0927 e. The fraction of sp³-hybridized carbons (Fsp3) is 0.111. The van der Waals surface area contributed by atoms with Gasteiger partial charge in [-0.15, -0.1) is 0 Å². The van der Waals surface area contributed by atoms with Gasteiger partial charge in [-0.05, 0) is 70.8 Å². The van der Waals surface area contributed by atoms with Crippen LogP contribution in [0.25, 0.3) is 179 Å². The summed E-state index contributed by atoms with van der Waals surface area (Å²) >= 11 is 0. The van der Waals surface area contributed by atoms with Crippen molar-refractivity contribution in [3.63, 3.8) is 0 Å². The van der Waals surface area contributed by atoms with E-state index in [1.165, 1.54) is 0 Å². The van der Waals surface area contributed by atoms with Crippen LogP contribution in [-0.4, -0.2) is 105 Å². The van der Waals surface area contributed by atoms with Gasteiger partial charge in [0.1, 0.15) is 0 Å². The van der Waals surface area contributed by atoms with Crippen LogP contribution in [0.4, 0.5) is 0 Å². The number of aliphatic hydroxyl groups excluding tert-OH is 4. The summed E-state index contributed by atoms with van der Waals surface area (Å²) in [5.74, 6) is 4.42. The average Bonchev–Trinajstić information content (AvgIpc) is 1.61. The van der Waals surface area contributed by atoms with Crippen molar-refractivity contribution >= 4 is 88.3 Å². The van der Waals surface area contributed by atoms with Crippen molar-refractivity contribution in [3.05, 3.63) is 194 Å². The van der Waals surface area contributed by atoms with Gasteiger partial charge >= 0.3 is 0 Å². The summed E-state index contributed by atoms with van der Waals surface area (Å²) in [6.07, 6.45) is -2.37. The molecule has 0 aliphatic carbocycles. The van der Waals surface area contributed by atoms with Gasteiger partial charge in [-0.1, -0.05) is 194 Å². The number of hydrogen-bond donors (Lipinski definition) is 4. The Kier molecular flexibility index (Phi) is 17.3. The monoisotopic (exact) mass is 1300 g/mol. The molecule has 4 aliphatic heterocycles. The number of aromatic nitrogens is 16. The second-order valence-electron chi connectivity index (χ2n) is 22.3. The molecule has 0 unspecified atom stereocenters. The van der Waals surface area contributed by atoms with Crippen molar-refractivity contribution in [1.29, 1.82) is 0 Å². The molecule has 16 bridgehead atoms. The minimum absolute atomic E-state index is 0. The molecule has 8 aromatic carbocycles. The molecule has 10 heterocycles. The van der Waals surface area contributed by atoms with E-state index in [1.54, 1.807) is 27.7 Å². The summed E-state index contributed by atoms with van der Waals surface area (Å²) < 4.78 is 0. The zero-order valence-electron chi connectivity index (χ0n) is 50.7. The van der Waals surface area contributed by atoms with Gasteiger partial charge in [0, 0.05) is 133 Å². The Morgan fingerprint density at radius 2 is 0.319 bits per heavy atom. The molecule has 22 heteroatoms. The molecule has 6 aromatic heterocycles. The summed E-state index contributed by atoms with van der Waals surface area (Å²) in [6.45, 7) is 6.19. The third-order valence-corrected chi connectivity index (χ3v) is 16.1. The first-order chi connectivity index (χ1) is 44.9. The molecule has 0 saturated heterocycles. The number of aliphatic hydroxyl groups is 4. The maximum Gasteiger partial charge on any atom is 0.0927 e. The normalized spacial score (nSPS) is 12.8. The van der Waals surface area contributed by atoms with E-state index in [0.29, 0.717) is 91.8 Å². The quantitative estimate of drug-likeness (QED) is 0.117. The van der Waals surface area contributed by atoms with E-state index in [4.69, 9.17) is 100 Å². The molecule has 18 rings (SSSR count). The predicted octanol–water partition coefficient (Wildman–Crippen LogP) is 11.7. The van der Waals surface area contributed by atoms with Crippen LogP contribution >= 0.6 is 0 Å². The van der Waals surface area contributed by atoms with Crippen LogP contribution in [0.15, 0.2) is 194 Å². The Morgan fingerprint density at radius 1 is 0.202 bits per heavy atom. The van der Waals surface area contributed by atoms with Crippen LogP contribution in [0, 0.1) is 0 Å². The predicted molar refractivity (Wildman–Crippen MR) is 355 cm³/mol. The van der Waals surface area contributed by atoms with E-state index in [2.05, 4.69) is 0 Å². The first-order valence-electron chi connectivity index (χ1n) is 29.8. The minimum Gasteiger partial charge on any atom is -0.391 e. The third kappa shape index (κ3) is 11.7. The molecule has 4 N–H and O–H groups in total. The summed E-state index contributed by atoms with van der Waals surface area (Å²) in [7, 11) is 0. The number of nitrogens with zero attached hydrogens (tertiary/aromatic N) is 16. The molecule has 0 spiro atoms. The molecule has 14 aromatic rings. The van der Waals surface area contributed by atoms with Crippen LogP contribution in [0.1, 0.15) is 27.7 Å². The average molecular weight is 1300 g/mol. The van der Waals surface area contributed by atoms with Gasteiger partial charge in [-0.3, -0.25) is 0 Å². The Labute approximate surface area is 565 Å². The SMILES string of the molecule is C[C@@H](O)[C@@H](C)O.C[C@H](O)[C@H](C)O.[Ti].[Ti].c1ccc2c(c1)-c1nc-2nc2[n-]c(nc3nc(nc4[n-]c(n1)c1ccccc41)-c1ccccc1-3)c1ccccc21.c1ccc2c(c1)-c1nc-2nc2[n-]c(nc3nc(nc4[n-]c(n1)c1ccccc41)-c1ccccc1-3)c1ccccc21. The van der Waals surface area contributed by atoms with Crippen LogP contribution in [0.5, 0.6) is 0 Å². The van der Waals surface area contributed by atoms with Crippen LogP contribution in [0.2, 0.25) is 0 Å². The van der Waals surface area contributed by atoms with Gasteiger partial charge in [-0.2, -0.15) is 0 Å². The largest absolute Gasteiger partial charge is 0.391 e. The van der Waals surface area contributed by atoms with E-state index in [-0.39, 0.29) is 43.4 Å². The first-order valence-corrected chi connectivity index (χ1v) is 29.8. The molecule has 0 saturated carbocycles. The summed E-state index contributed by atoms with van der Waals surface area (Å²) in [6, 6.07) is 63.7. The zero-order chi connectivity index (χ0) is 62.7. The molecule has 0 radical (unpaired) electrons. The molecule has 0 fully saturated rings. The van der Waals surface area contributed by atoms with Gasteiger partial charge in [0.05, 0.1) is 71.0 Å². The van der Waals surface area contributed by atoms with Gasteiger partial charge in [0.15, 0.2) is 0 Å². The maximum absolute atomic E-state index is 8.38. The van der Waals surface area contributed by atoms with Crippen molar-refractivity contribution in [2.45, 2.75) is 52.1 Å². The molecular formula is C72H52N16O4Ti2-4. The molecular weight excluding hydrogens is 1250 g/mol. The Bertz CT molecular complexity index is 4630. The molecule has 94 heavy (non-hydrogen) atoms. The molecule has 4 atom stereocenters. The van der Waals surface area contributed by atoms with Crippen LogP contribution in [0.3, 0.4) is 0 Å². The molecule has 0 amide bonds. The zero-order valence-corrected chi connectivity index (χ0v) is 53.9. The minimum atomic E-state index is -0.593. The fourth-order valence-electron chi connectivity index (χ4n) is 10.9. The molecule has 4 aliphatic rings. The Morgan fingerprint density at radius 3 is 0.436 bits per heavy atom. The van der Waals surface area contributed by atoms with E-state index in [1.807, 2.05) is 194 Å². The standard InChI is InChI=1S/2C32H16N8.2C4H10O2.2Ti/c2*1-2-10-18-17(9-1)25-33-26(18)38-28-21-13-5-6-14-22(21)30(35-28)40-32-24-16-8-7-15-23(24)31(36-32)39-29-20-12-4-3-11-19(20)27(34-29)37-25;2*1-3(5)4(2)6;;/h2*1-16H;2*3-6H,1-2H3;;/q2*-2;;;;/t;;2*3-,4-;;/m..10../s1. The number of hydrogen-bond acceptors (Lipinski definition) is 16. The summed E-state index contributed by atoms with van der Waals surface area (Å²) in [4.78, 5) is 78.5. The summed E-state index contributed by atoms with van der Waals surface area (Å²) in [5.41, 5.74) is 11.6. The number of benzene rings is 8. The van der Waals surface area contributed by atoms with Crippen LogP contribution < -0.4 is 19.9 Å². The van der Waals surface area contributed by atoms with Gasteiger partial charge < -0.3 is 80.2 Å². The third-order valence-electron chi connectivity index (χ3n) is 16.1. The Balaban J connectivity index is 0.000000143. The van der Waals surface area contributed by atoms with Crippen molar-refractivity contribution < 1.29 is 63.9 Å². The van der Waals surface area contributed by atoms with Gasteiger partial charge in [-0.25, -0.2) is 19.9 Å². The fourth-order valence-corrected chi connectivity index (χ4v) is 10.9. The topological polar surface area (TPSA) is 292 Å². The van der Waals surface area contributed by atoms with Crippen molar-refractivity contribution in [2.24, 2.45) is 0 Å². The Hall–Kier alpha value is -10.3. The van der Waals surface area contributed by atoms with E-state index in [9.17, 15) is 0 Å². The molecule has 456 valence electrons. The van der Waals surface area contributed by atoms with Crippen LogP contribution in [-0.2, 0) is 43.4 Å². The second-order valence-corrected chi connectivity index (χ2v) is 22.3. The van der Waals surface area contributed by atoms with E-state index >= 15 is 0 Å². The maximum atomic E-state index is 8.38. The van der Waals surface area contributed by atoms with E-state index in [0.717, 1.165) is 87.6 Å². The van der Waals surface area contributed by atoms with Crippen molar-refractivity contribution in [1.82, 2.24) is 79.7 Å². The number of fused-ring (bicyclic) bond motifs is 40. The van der Waals surface area contributed by atoms with Crippen molar-refractivity contribution in [2.75, 3.05) is 0 Å². The van der Waals surface area contributed by atoms with E-state index < -0.39 is 24.4 Å². The van der Waals surface area contributed by atoms with Crippen molar-refractivity contribution in [3.8, 4) is 91.1 Å². The second kappa shape index (κ2) is 26.0. The summed E-state index contributed by atoms with van der Waals surface area (Å²) in [5, 5.41) is 40.7. The molecule has 20 nitrogen and oxygen atoms in total. The van der Waals surface area contributed by atoms with Gasteiger partial charge in [0.2, 0.25) is 0 Å². The van der Waals surface area contributed by atoms with Gasteiger partial charge in [0.25, 0.3) is 0 Å².